The molecule has 0 unspecified atom stereocenters. The van der Waals surface area contributed by atoms with E-state index in [1.807, 2.05) is 35.2 Å². The number of benzene rings is 1. The maximum Gasteiger partial charge on any atom is 0.326 e. The summed E-state index contributed by atoms with van der Waals surface area (Å²) in [5.74, 6) is -0.346. The van der Waals surface area contributed by atoms with Crippen LogP contribution in [0.1, 0.15) is 82.3 Å². The van der Waals surface area contributed by atoms with Gasteiger partial charge in [0.2, 0.25) is 0 Å². The predicted molar refractivity (Wildman–Crippen MR) is 148 cm³/mol. The highest BCUT2D eigenvalue weighted by Gasteiger charge is 2.30. The fourth-order valence-electron chi connectivity index (χ4n) is 4.59. The van der Waals surface area contributed by atoms with E-state index in [0.29, 0.717) is 30.9 Å². The molecule has 200 valence electrons. The van der Waals surface area contributed by atoms with Crippen molar-refractivity contribution in [3.63, 3.8) is 0 Å². The lowest BCUT2D eigenvalue weighted by Crippen LogP contribution is -2.46. The third-order valence-electron chi connectivity index (χ3n) is 6.70. The van der Waals surface area contributed by atoms with Gasteiger partial charge in [0.1, 0.15) is 23.2 Å². The molecule has 0 radical (unpaired) electrons. The summed E-state index contributed by atoms with van der Waals surface area (Å²) < 4.78 is 0. The summed E-state index contributed by atoms with van der Waals surface area (Å²) in [5.41, 5.74) is 1.07. The minimum atomic E-state index is -1.09. The highest BCUT2D eigenvalue weighted by Crippen LogP contribution is 2.23. The number of carboxylic acids is 1. The van der Waals surface area contributed by atoms with Crippen LogP contribution >= 0.6 is 0 Å². The minimum Gasteiger partial charge on any atom is -0.480 e. The smallest absolute Gasteiger partial charge is 0.326 e. The van der Waals surface area contributed by atoms with Gasteiger partial charge in [-0.15, -0.1) is 0 Å². The summed E-state index contributed by atoms with van der Waals surface area (Å²) in [6.45, 7) is 5.68. The zero-order valence-corrected chi connectivity index (χ0v) is 22.1. The molecular formula is C29H40N4O4. The molecule has 0 amide bonds. The van der Waals surface area contributed by atoms with Crippen LogP contribution in [0.15, 0.2) is 46.1 Å². The Hall–Kier alpha value is -3.42. The Balaban J connectivity index is 1.71. The molecule has 0 aliphatic carbocycles. The molecule has 0 aliphatic heterocycles. The van der Waals surface area contributed by atoms with Crippen molar-refractivity contribution >= 4 is 17.3 Å². The molecule has 1 atom stereocenters. The van der Waals surface area contributed by atoms with Gasteiger partial charge in [-0.25, -0.2) is 9.78 Å². The second-order valence-corrected chi connectivity index (χ2v) is 9.75. The maximum atomic E-state index is 12.6. The van der Waals surface area contributed by atoms with Crippen molar-refractivity contribution in [1.29, 1.82) is 0 Å². The van der Waals surface area contributed by atoms with E-state index in [1.54, 1.807) is 6.20 Å². The van der Waals surface area contributed by atoms with Gasteiger partial charge in [0, 0.05) is 37.8 Å². The average Bonchev–Trinajstić information content (AvgIpc) is 3.34. The summed E-state index contributed by atoms with van der Waals surface area (Å²) in [5, 5.41) is 12.8. The molecule has 0 spiro atoms. The number of aliphatic carboxylic acids is 1. The number of rotatable bonds is 18. The normalized spacial score (nSPS) is 12.1. The molecule has 0 saturated heterocycles. The number of imidazole rings is 1. The van der Waals surface area contributed by atoms with E-state index in [4.69, 9.17) is 0 Å². The van der Waals surface area contributed by atoms with E-state index < -0.39 is 22.9 Å². The second-order valence-electron chi connectivity index (χ2n) is 9.75. The molecule has 3 aromatic rings. The Kier molecular flexibility index (Phi) is 10.9. The second kappa shape index (κ2) is 14.4. The lowest BCUT2D eigenvalue weighted by molar-refractivity contribution is -0.137. The van der Waals surface area contributed by atoms with Crippen LogP contribution in [0.2, 0.25) is 0 Å². The van der Waals surface area contributed by atoms with Gasteiger partial charge in [-0.05, 0) is 18.4 Å². The van der Waals surface area contributed by atoms with E-state index >= 15 is 0 Å². The molecular weight excluding hydrogens is 468 g/mol. The number of anilines is 2. The number of unbranched alkanes of at least 4 members (excludes halogenated alkanes) is 6. The largest absolute Gasteiger partial charge is 0.480 e. The maximum absolute atomic E-state index is 12.6. The standard InChI is InChI=1S/C29H40N4O4/c1-3-5-7-12-16-33(17-13-8-6-4-2)26-25(27(34)28(26)35)32-23(29(36)37)19-22-20-30-24(31-22)18-21-14-10-9-11-15-21/h9-11,14-15,20,23,32H,3-8,12-13,16-19H2,1-2H3,(H,30,31)(H,36,37)/t23-/m0/s1. The summed E-state index contributed by atoms with van der Waals surface area (Å²) in [4.78, 5) is 46.8. The Labute approximate surface area is 218 Å². The van der Waals surface area contributed by atoms with Crippen LogP contribution < -0.4 is 21.1 Å². The number of nitrogens with zero attached hydrogens (tertiary/aromatic N) is 2. The molecule has 2 aromatic carbocycles. The Bertz CT molecular complexity index is 1170. The van der Waals surface area contributed by atoms with Gasteiger partial charge in [-0.2, -0.15) is 0 Å². The van der Waals surface area contributed by atoms with Crippen molar-refractivity contribution in [2.24, 2.45) is 0 Å². The molecule has 37 heavy (non-hydrogen) atoms. The van der Waals surface area contributed by atoms with Crippen LogP contribution in [0.3, 0.4) is 0 Å². The molecule has 1 heterocycles. The van der Waals surface area contributed by atoms with Crippen LogP contribution in [0, 0.1) is 0 Å². The number of carbonyl (C=O) groups is 1. The number of carboxylic acid groups (broad SMARTS) is 1. The highest BCUT2D eigenvalue weighted by molar-refractivity contribution is 5.83. The monoisotopic (exact) mass is 508 g/mol. The number of aromatic amines is 1. The van der Waals surface area contributed by atoms with E-state index in [2.05, 4.69) is 29.1 Å². The van der Waals surface area contributed by atoms with Crippen molar-refractivity contribution in [1.82, 2.24) is 9.97 Å². The van der Waals surface area contributed by atoms with Crippen molar-refractivity contribution < 1.29 is 9.90 Å². The quantitative estimate of drug-likeness (QED) is 0.169. The van der Waals surface area contributed by atoms with Crippen molar-refractivity contribution in [3.8, 4) is 0 Å². The van der Waals surface area contributed by atoms with Gasteiger partial charge >= 0.3 is 5.97 Å². The molecule has 8 heteroatoms. The van der Waals surface area contributed by atoms with Crippen LogP contribution in [0.5, 0.6) is 0 Å². The van der Waals surface area contributed by atoms with Gasteiger partial charge in [-0.3, -0.25) is 9.59 Å². The summed E-state index contributed by atoms with van der Waals surface area (Å²) in [6, 6.07) is 8.83. The predicted octanol–water partition coefficient (Wildman–Crippen LogP) is 4.67. The van der Waals surface area contributed by atoms with E-state index in [1.165, 1.54) is 0 Å². The fraction of sp³-hybridized carbons (Fsp3) is 0.517. The Morgan fingerprint density at radius 1 is 0.973 bits per heavy atom. The third-order valence-corrected chi connectivity index (χ3v) is 6.70. The molecule has 1 aromatic heterocycles. The van der Waals surface area contributed by atoms with Crippen molar-refractivity contribution in [2.75, 3.05) is 23.3 Å². The number of H-pyrrole nitrogens is 1. The van der Waals surface area contributed by atoms with Crippen molar-refractivity contribution in [2.45, 2.75) is 84.1 Å². The minimum absolute atomic E-state index is 0.113. The first-order chi connectivity index (χ1) is 17.9. The lowest BCUT2D eigenvalue weighted by atomic mass is 10.1. The molecule has 8 nitrogen and oxygen atoms in total. The molecule has 3 N–H and O–H groups in total. The first-order valence-electron chi connectivity index (χ1n) is 13.6. The van der Waals surface area contributed by atoms with Crippen LogP contribution in [-0.4, -0.2) is 40.2 Å². The molecule has 0 fully saturated rings. The first-order valence-corrected chi connectivity index (χ1v) is 13.6. The van der Waals surface area contributed by atoms with E-state index in [0.717, 1.165) is 62.8 Å². The number of hydrogen-bond acceptors (Lipinski definition) is 6. The Morgan fingerprint density at radius 3 is 2.22 bits per heavy atom. The van der Waals surface area contributed by atoms with Crippen molar-refractivity contribution in [3.05, 3.63) is 74.1 Å². The molecule has 0 aliphatic rings. The number of hydrogen-bond donors (Lipinski definition) is 3. The number of nitrogens with one attached hydrogen (secondary N) is 2. The van der Waals surface area contributed by atoms with Gasteiger partial charge in [0.05, 0.1) is 0 Å². The zero-order valence-electron chi connectivity index (χ0n) is 22.1. The topological polar surface area (TPSA) is 115 Å². The number of aromatic nitrogens is 2. The average molecular weight is 509 g/mol. The summed E-state index contributed by atoms with van der Waals surface area (Å²) in [7, 11) is 0. The zero-order chi connectivity index (χ0) is 26.6. The first kappa shape index (κ1) is 28.2. The summed E-state index contributed by atoms with van der Waals surface area (Å²) in [6.07, 6.45) is 10.8. The van der Waals surface area contributed by atoms with Gasteiger partial charge in [-0.1, -0.05) is 82.7 Å². The van der Waals surface area contributed by atoms with Gasteiger partial charge in [0.25, 0.3) is 10.9 Å². The summed E-state index contributed by atoms with van der Waals surface area (Å²) >= 11 is 0. The van der Waals surface area contributed by atoms with E-state index in [9.17, 15) is 19.5 Å². The van der Waals surface area contributed by atoms with Gasteiger partial charge in [0.15, 0.2) is 0 Å². The lowest BCUT2D eigenvalue weighted by Gasteiger charge is -2.29. The van der Waals surface area contributed by atoms with Gasteiger partial charge < -0.3 is 20.3 Å². The fourth-order valence-corrected chi connectivity index (χ4v) is 4.59. The molecule has 0 bridgehead atoms. The van der Waals surface area contributed by atoms with Crippen LogP contribution in [0.25, 0.3) is 0 Å². The SMILES string of the molecule is CCCCCCN(CCCCCC)c1c(N[C@@H](Cc2cnc(Cc3ccccc3)[nH]2)C(=O)O)c(=O)c1=O. The van der Waals surface area contributed by atoms with E-state index in [-0.39, 0.29) is 12.1 Å². The van der Waals surface area contributed by atoms with Crippen LogP contribution in [-0.2, 0) is 17.6 Å². The molecule has 3 rings (SSSR count). The van der Waals surface area contributed by atoms with Crippen LogP contribution in [0.4, 0.5) is 11.4 Å². The molecule has 0 saturated carbocycles. The Morgan fingerprint density at radius 2 is 1.62 bits per heavy atom. The highest BCUT2D eigenvalue weighted by atomic mass is 16.4. The third kappa shape index (κ3) is 8.03.